The van der Waals surface area contributed by atoms with Gasteiger partial charge in [0.1, 0.15) is 17.6 Å². The van der Waals surface area contributed by atoms with E-state index in [4.69, 9.17) is 4.74 Å². The molecule has 0 radical (unpaired) electrons. The summed E-state index contributed by atoms with van der Waals surface area (Å²) in [5.41, 5.74) is 2.24. The second-order valence-electron chi connectivity index (χ2n) is 9.07. The number of halogens is 1. The third kappa shape index (κ3) is 5.44. The Bertz CT molecular complexity index is 895. The van der Waals surface area contributed by atoms with E-state index in [2.05, 4.69) is 16.8 Å². The van der Waals surface area contributed by atoms with Gasteiger partial charge in [0.05, 0.1) is 17.9 Å². The fourth-order valence-electron chi connectivity index (χ4n) is 4.28. The molecule has 1 aliphatic carbocycles. The number of hydrogen-bond donors (Lipinski definition) is 0. The molecule has 31 heavy (non-hydrogen) atoms. The molecular weight excluding hydrogens is 391 g/mol. The highest BCUT2D eigenvalue weighted by Gasteiger charge is 2.28. The molecular formula is C26H33FN2O2. The second-order valence-corrected chi connectivity index (χ2v) is 9.07. The number of aromatic nitrogens is 1. The van der Waals surface area contributed by atoms with Gasteiger partial charge in [0.15, 0.2) is 5.82 Å². The van der Waals surface area contributed by atoms with Crippen LogP contribution in [0, 0.1) is 11.7 Å². The van der Waals surface area contributed by atoms with Gasteiger partial charge in [-0.05, 0) is 55.4 Å². The molecule has 4 rings (SSSR count). The van der Waals surface area contributed by atoms with Crippen LogP contribution in [0.1, 0.15) is 69.5 Å². The molecule has 2 aliphatic rings. The first kappa shape index (κ1) is 21.8. The molecule has 1 saturated heterocycles. The van der Waals surface area contributed by atoms with E-state index in [1.807, 2.05) is 31.2 Å². The van der Waals surface area contributed by atoms with Crippen LogP contribution < -0.4 is 9.64 Å². The maximum absolute atomic E-state index is 14.9. The van der Waals surface area contributed by atoms with Gasteiger partial charge in [0, 0.05) is 31.5 Å². The maximum atomic E-state index is 14.9. The predicted molar refractivity (Wildman–Crippen MR) is 121 cm³/mol. The van der Waals surface area contributed by atoms with Crippen LogP contribution in [-0.2, 0) is 11.2 Å². The van der Waals surface area contributed by atoms with Crippen molar-refractivity contribution in [2.24, 2.45) is 5.92 Å². The smallest absolute Gasteiger partial charge is 0.167 e. The Balaban J connectivity index is 1.33. The molecule has 2 fully saturated rings. The van der Waals surface area contributed by atoms with Gasteiger partial charge in [0.2, 0.25) is 0 Å². The SMILES string of the molecule is CCCCc1nccc(N2CC[C@@H](Oc3ccc(C(C)C(=O)CC4CC4)cc3)C2)c1F. The van der Waals surface area contributed by atoms with Crippen LogP contribution in [-0.4, -0.2) is 30.0 Å². The van der Waals surface area contributed by atoms with Crippen LogP contribution in [0.2, 0.25) is 0 Å². The van der Waals surface area contributed by atoms with Crippen molar-refractivity contribution in [3.8, 4) is 5.75 Å². The summed E-state index contributed by atoms with van der Waals surface area (Å²) < 4.78 is 21.1. The maximum Gasteiger partial charge on any atom is 0.167 e. The molecule has 0 N–H and O–H groups in total. The number of benzene rings is 1. The lowest BCUT2D eigenvalue weighted by Gasteiger charge is -2.20. The summed E-state index contributed by atoms with van der Waals surface area (Å²) in [6.07, 6.45) is 8.34. The monoisotopic (exact) mass is 424 g/mol. The molecule has 2 atom stereocenters. The van der Waals surface area contributed by atoms with Crippen molar-refractivity contribution in [1.82, 2.24) is 4.98 Å². The molecule has 1 aliphatic heterocycles. The number of unbranched alkanes of at least 4 members (excludes halogenated alkanes) is 1. The lowest BCUT2D eigenvalue weighted by atomic mass is 9.93. The number of carbonyl (C=O) groups excluding carboxylic acids is 1. The van der Waals surface area contributed by atoms with Crippen molar-refractivity contribution in [2.75, 3.05) is 18.0 Å². The third-order valence-corrected chi connectivity index (χ3v) is 6.55. The van der Waals surface area contributed by atoms with Crippen molar-refractivity contribution < 1.29 is 13.9 Å². The van der Waals surface area contributed by atoms with Gasteiger partial charge in [-0.25, -0.2) is 4.39 Å². The summed E-state index contributed by atoms with van der Waals surface area (Å²) in [7, 11) is 0. The van der Waals surface area contributed by atoms with E-state index in [0.29, 0.717) is 42.5 Å². The number of rotatable bonds is 10. The Labute approximate surface area is 184 Å². The summed E-state index contributed by atoms with van der Waals surface area (Å²) in [5, 5.41) is 0. The Morgan fingerprint density at radius 2 is 2.00 bits per heavy atom. The van der Waals surface area contributed by atoms with E-state index in [1.54, 1.807) is 12.3 Å². The summed E-state index contributed by atoms with van der Waals surface area (Å²) in [4.78, 5) is 18.7. The summed E-state index contributed by atoms with van der Waals surface area (Å²) >= 11 is 0. The van der Waals surface area contributed by atoms with Crippen LogP contribution in [0.4, 0.5) is 10.1 Å². The van der Waals surface area contributed by atoms with Crippen molar-refractivity contribution in [3.63, 3.8) is 0 Å². The van der Waals surface area contributed by atoms with Gasteiger partial charge in [-0.2, -0.15) is 0 Å². The largest absolute Gasteiger partial charge is 0.489 e. The first-order chi connectivity index (χ1) is 15.0. The molecule has 2 aromatic rings. The van der Waals surface area contributed by atoms with Gasteiger partial charge in [-0.15, -0.1) is 0 Å². The number of aryl methyl sites for hydroxylation is 1. The molecule has 166 valence electrons. The average Bonchev–Trinajstić information content (AvgIpc) is 3.48. The van der Waals surface area contributed by atoms with E-state index >= 15 is 0 Å². The quantitative estimate of drug-likeness (QED) is 0.491. The average molecular weight is 425 g/mol. The second kappa shape index (κ2) is 9.80. The zero-order chi connectivity index (χ0) is 21.8. The molecule has 4 nitrogen and oxygen atoms in total. The molecule has 0 spiro atoms. The van der Waals surface area contributed by atoms with Gasteiger partial charge >= 0.3 is 0 Å². The number of nitrogens with zero attached hydrogens (tertiary/aromatic N) is 2. The van der Waals surface area contributed by atoms with Crippen LogP contribution in [0.3, 0.4) is 0 Å². The van der Waals surface area contributed by atoms with Gasteiger partial charge in [0.25, 0.3) is 0 Å². The molecule has 1 saturated carbocycles. The van der Waals surface area contributed by atoms with Crippen molar-refractivity contribution in [2.45, 2.75) is 70.8 Å². The Morgan fingerprint density at radius 3 is 2.71 bits per heavy atom. The number of anilines is 1. The first-order valence-corrected chi connectivity index (χ1v) is 11.7. The minimum atomic E-state index is -0.189. The number of carbonyl (C=O) groups is 1. The molecule has 1 aromatic heterocycles. The lowest BCUT2D eigenvalue weighted by Crippen LogP contribution is -2.25. The highest BCUT2D eigenvalue weighted by molar-refractivity contribution is 5.85. The van der Waals surface area contributed by atoms with Crippen LogP contribution >= 0.6 is 0 Å². The van der Waals surface area contributed by atoms with Crippen LogP contribution in [0.5, 0.6) is 5.75 Å². The highest BCUT2D eigenvalue weighted by Crippen LogP contribution is 2.35. The van der Waals surface area contributed by atoms with Crippen molar-refractivity contribution in [3.05, 3.63) is 53.6 Å². The number of ether oxygens (including phenoxy) is 1. The Hall–Kier alpha value is -2.43. The molecule has 1 unspecified atom stereocenters. The van der Waals surface area contributed by atoms with Gasteiger partial charge < -0.3 is 9.64 Å². The third-order valence-electron chi connectivity index (χ3n) is 6.55. The first-order valence-electron chi connectivity index (χ1n) is 11.7. The number of ketones is 1. The van der Waals surface area contributed by atoms with Gasteiger partial charge in [-0.3, -0.25) is 9.78 Å². The zero-order valence-corrected chi connectivity index (χ0v) is 18.6. The van der Waals surface area contributed by atoms with Crippen molar-refractivity contribution in [1.29, 1.82) is 0 Å². The fourth-order valence-corrected chi connectivity index (χ4v) is 4.28. The molecule has 0 bridgehead atoms. The normalized spacial score (nSPS) is 19.5. The standard InChI is InChI=1S/C26H33FN2O2/c1-3-4-5-23-26(27)24(12-14-28-23)29-15-13-22(17-29)31-21-10-8-20(9-11-21)18(2)25(30)16-19-6-7-19/h8-12,14,18-19,22H,3-7,13,15-17H2,1-2H3/t18?,22-/m1/s1. The van der Waals surface area contributed by atoms with Crippen LogP contribution in [0.15, 0.2) is 36.5 Å². The Kier molecular flexibility index (Phi) is 6.89. The van der Waals surface area contributed by atoms with E-state index in [9.17, 15) is 9.18 Å². The number of pyridine rings is 1. The number of Topliss-reactive ketones (excluding diaryl/α,β-unsaturated/α-hetero) is 1. The lowest BCUT2D eigenvalue weighted by molar-refractivity contribution is -0.120. The van der Waals surface area contributed by atoms with E-state index in [1.165, 1.54) is 12.8 Å². The molecule has 2 heterocycles. The summed E-state index contributed by atoms with van der Waals surface area (Å²) in [6.45, 7) is 5.52. The molecule has 5 heteroatoms. The predicted octanol–water partition coefficient (Wildman–Crippen LogP) is 5.69. The minimum absolute atomic E-state index is 0.0198. The van der Waals surface area contributed by atoms with Crippen molar-refractivity contribution >= 4 is 11.5 Å². The zero-order valence-electron chi connectivity index (χ0n) is 18.6. The van der Waals surface area contributed by atoms with Crippen LogP contribution in [0.25, 0.3) is 0 Å². The van der Waals surface area contributed by atoms with E-state index < -0.39 is 0 Å². The molecule has 1 aromatic carbocycles. The number of hydrogen-bond acceptors (Lipinski definition) is 4. The Morgan fingerprint density at radius 1 is 1.23 bits per heavy atom. The van der Waals surface area contributed by atoms with Gasteiger partial charge in [-0.1, -0.05) is 32.4 Å². The minimum Gasteiger partial charge on any atom is -0.489 e. The van der Waals surface area contributed by atoms with E-state index in [0.717, 1.165) is 37.1 Å². The highest BCUT2D eigenvalue weighted by atomic mass is 19.1. The van der Waals surface area contributed by atoms with E-state index in [-0.39, 0.29) is 17.8 Å². The molecule has 0 amide bonds. The summed E-state index contributed by atoms with van der Waals surface area (Å²) in [6, 6.07) is 9.67. The topological polar surface area (TPSA) is 42.4 Å². The fraction of sp³-hybridized carbons (Fsp3) is 0.538. The summed E-state index contributed by atoms with van der Waals surface area (Å²) in [5.74, 6) is 1.51.